The summed E-state index contributed by atoms with van der Waals surface area (Å²) < 4.78 is 0. The van der Waals surface area contributed by atoms with E-state index >= 15 is 0 Å². The van der Waals surface area contributed by atoms with Gasteiger partial charge in [-0.3, -0.25) is 0 Å². The lowest BCUT2D eigenvalue weighted by Crippen LogP contribution is -1.99. The third-order valence-electron chi connectivity index (χ3n) is 2.04. The lowest BCUT2D eigenvalue weighted by molar-refractivity contribution is 0.0702. The Labute approximate surface area is 86.0 Å². The highest BCUT2D eigenvalue weighted by Gasteiger charge is 2.36. The molecule has 5 heteroatoms. The molecule has 0 amide bonds. The van der Waals surface area contributed by atoms with Crippen molar-refractivity contribution in [3.05, 3.63) is 21.9 Å². The van der Waals surface area contributed by atoms with Gasteiger partial charge in [0.15, 0.2) is 0 Å². The molecule has 0 unspecified atom stereocenters. The summed E-state index contributed by atoms with van der Waals surface area (Å²) in [6.07, 6.45) is 1.000. The van der Waals surface area contributed by atoms with Gasteiger partial charge in [-0.05, 0) is 18.6 Å². The van der Waals surface area contributed by atoms with Gasteiger partial charge < -0.3 is 10.8 Å². The van der Waals surface area contributed by atoms with Gasteiger partial charge in [-0.2, -0.15) is 0 Å². The van der Waals surface area contributed by atoms with Crippen molar-refractivity contribution in [1.82, 2.24) is 0 Å². The molecule has 2 rings (SSSR count). The molecule has 1 heterocycles. The van der Waals surface area contributed by atoms with E-state index < -0.39 is 5.97 Å². The summed E-state index contributed by atoms with van der Waals surface area (Å²) in [5, 5.41) is 8.65. The minimum Gasteiger partial charge on any atom is -0.477 e. The number of carboxylic acids is 1. The van der Waals surface area contributed by atoms with Crippen LogP contribution in [0.3, 0.4) is 0 Å². The van der Waals surface area contributed by atoms with Gasteiger partial charge in [0, 0.05) is 16.8 Å². The molecule has 0 aromatic carbocycles. The molecule has 0 aliphatic heterocycles. The van der Waals surface area contributed by atoms with Crippen molar-refractivity contribution < 1.29 is 9.90 Å². The summed E-state index contributed by atoms with van der Waals surface area (Å²) in [5.41, 5.74) is 5.64. The molecule has 1 aliphatic rings. The average molecular weight is 220 g/mol. The van der Waals surface area contributed by atoms with Gasteiger partial charge in [-0.15, -0.1) is 23.7 Å². The second-order valence-corrected chi connectivity index (χ2v) is 4.13. The molecule has 3 N–H and O–H groups in total. The SMILES string of the molecule is Cl.N[C@H]1C[C@@H]1c1ccc(C(=O)O)s1. The number of rotatable bonds is 2. The molecular formula is C8H10ClNO2S. The Morgan fingerprint density at radius 1 is 1.62 bits per heavy atom. The van der Waals surface area contributed by atoms with Crippen LogP contribution in [-0.2, 0) is 0 Å². The van der Waals surface area contributed by atoms with Crippen LogP contribution in [0.1, 0.15) is 26.9 Å². The Morgan fingerprint density at radius 2 is 2.23 bits per heavy atom. The summed E-state index contributed by atoms with van der Waals surface area (Å²) in [6.45, 7) is 0. The molecule has 3 nitrogen and oxygen atoms in total. The van der Waals surface area contributed by atoms with Crippen molar-refractivity contribution in [3.8, 4) is 0 Å². The van der Waals surface area contributed by atoms with Gasteiger partial charge >= 0.3 is 5.97 Å². The molecule has 0 saturated heterocycles. The second kappa shape index (κ2) is 3.65. The average Bonchev–Trinajstić information content (AvgIpc) is 2.59. The minimum absolute atomic E-state index is 0. The van der Waals surface area contributed by atoms with E-state index in [-0.39, 0.29) is 18.4 Å². The van der Waals surface area contributed by atoms with Crippen molar-refractivity contribution >= 4 is 29.7 Å². The van der Waals surface area contributed by atoms with Gasteiger partial charge in [-0.1, -0.05) is 0 Å². The topological polar surface area (TPSA) is 63.3 Å². The van der Waals surface area contributed by atoms with Crippen molar-refractivity contribution in [1.29, 1.82) is 0 Å². The van der Waals surface area contributed by atoms with E-state index in [9.17, 15) is 4.79 Å². The predicted octanol–water partition coefficient (Wildman–Crippen LogP) is 1.68. The van der Waals surface area contributed by atoms with Gasteiger partial charge in [0.2, 0.25) is 0 Å². The van der Waals surface area contributed by atoms with Gasteiger partial charge in [0.1, 0.15) is 4.88 Å². The lowest BCUT2D eigenvalue weighted by Gasteiger charge is -1.88. The zero-order valence-electron chi connectivity index (χ0n) is 6.77. The normalized spacial score (nSPS) is 25.0. The molecular weight excluding hydrogens is 210 g/mol. The van der Waals surface area contributed by atoms with Crippen LogP contribution in [0.4, 0.5) is 0 Å². The molecule has 72 valence electrons. The predicted molar refractivity (Wildman–Crippen MR) is 53.9 cm³/mol. The number of carboxylic acid groups (broad SMARTS) is 1. The highest BCUT2D eigenvalue weighted by Crippen LogP contribution is 2.42. The Balaban J connectivity index is 0.000000845. The monoisotopic (exact) mass is 219 g/mol. The molecule has 2 atom stereocenters. The number of hydrogen-bond donors (Lipinski definition) is 2. The highest BCUT2D eigenvalue weighted by molar-refractivity contribution is 7.14. The fraction of sp³-hybridized carbons (Fsp3) is 0.375. The van der Waals surface area contributed by atoms with E-state index in [4.69, 9.17) is 10.8 Å². The molecule has 1 aliphatic carbocycles. The van der Waals surface area contributed by atoms with Crippen LogP contribution in [-0.4, -0.2) is 17.1 Å². The fourth-order valence-corrected chi connectivity index (χ4v) is 2.24. The van der Waals surface area contributed by atoms with Crippen LogP contribution >= 0.6 is 23.7 Å². The number of hydrogen-bond acceptors (Lipinski definition) is 3. The molecule has 1 fully saturated rings. The highest BCUT2D eigenvalue weighted by atomic mass is 35.5. The van der Waals surface area contributed by atoms with Gasteiger partial charge in [0.25, 0.3) is 0 Å². The molecule has 0 bridgehead atoms. The van der Waals surface area contributed by atoms with Gasteiger partial charge in [-0.25, -0.2) is 4.79 Å². The molecule has 1 aromatic rings. The lowest BCUT2D eigenvalue weighted by atomic mass is 10.3. The first kappa shape index (κ1) is 10.5. The van der Waals surface area contributed by atoms with Crippen LogP contribution in [0.15, 0.2) is 12.1 Å². The maximum atomic E-state index is 10.5. The number of thiophene rings is 1. The van der Waals surface area contributed by atoms with Crippen molar-refractivity contribution in [3.63, 3.8) is 0 Å². The summed E-state index contributed by atoms with van der Waals surface area (Å²) in [4.78, 5) is 12.0. The van der Waals surface area contributed by atoms with E-state index in [0.717, 1.165) is 11.3 Å². The third kappa shape index (κ3) is 2.02. The summed E-state index contributed by atoms with van der Waals surface area (Å²) in [6, 6.07) is 3.77. The smallest absolute Gasteiger partial charge is 0.345 e. The molecule has 0 radical (unpaired) electrons. The molecule has 1 saturated carbocycles. The van der Waals surface area contributed by atoms with Crippen molar-refractivity contribution in [2.24, 2.45) is 5.73 Å². The fourth-order valence-electron chi connectivity index (χ4n) is 1.21. The summed E-state index contributed by atoms with van der Waals surface area (Å²) >= 11 is 1.34. The van der Waals surface area contributed by atoms with E-state index in [1.165, 1.54) is 11.3 Å². The van der Waals surface area contributed by atoms with E-state index in [2.05, 4.69) is 0 Å². The number of carbonyl (C=O) groups is 1. The largest absolute Gasteiger partial charge is 0.477 e. The first-order valence-corrected chi connectivity index (χ1v) is 4.58. The minimum atomic E-state index is -0.847. The van der Waals surface area contributed by atoms with Gasteiger partial charge in [0.05, 0.1) is 0 Å². The van der Waals surface area contributed by atoms with Crippen molar-refractivity contribution in [2.45, 2.75) is 18.4 Å². The maximum absolute atomic E-state index is 10.5. The first-order chi connectivity index (χ1) is 5.68. The van der Waals surface area contributed by atoms with Crippen LogP contribution in [0.2, 0.25) is 0 Å². The molecule has 0 spiro atoms. The van der Waals surface area contributed by atoms with Crippen LogP contribution in [0.25, 0.3) is 0 Å². The summed E-state index contributed by atoms with van der Waals surface area (Å²) in [5.74, 6) is -0.427. The van der Waals surface area contributed by atoms with Crippen LogP contribution in [0.5, 0.6) is 0 Å². The Morgan fingerprint density at radius 3 is 2.62 bits per heavy atom. The summed E-state index contributed by atoms with van der Waals surface area (Å²) in [7, 11) is 0. The van der Waals surface area contributed by atoms with Crippen molar-refractivity contribution in [2.75, 3.05) is 0 Å². The Kier molecular flexibility index (Phi) is 2.95. The second-order valence-electron chi connectivity index (χ2n) is 3.01. The zero-order chi connectivity index (χ0) is 8.72. The number of aromatic carboxylic acids is 1. The standard InChI is InChI=1S/C8H9NO2S.ClH/c9-5-3-4(5)6-1-2-7(12-6)8(10)11;/h1-2,4-5H,3,9H2,(H,10,11);1H/t4-,5-;/m0./s1. The third-order valence-corrected chi connectivity index (χ3v) is 3.25. The van der Waals surface area contributed by atoms with Crippen LogP contribution in [0, 0.1) is 0 Å². The van der Waals surface area contributed by atoms with E-state index in [1.54, 1.807) is 6.07 Å². The van der Waals surface area contributed by atoms with Crippen LogP contribution < -0.4 is 5.73 Å². The Hall–Kier alpha value is -0.580. The number of nitrogens with two attached hydrogens (primary N) is 1. The van der Waals surface area contributed by atoms with E-state index in [1.807, 2.05) is 6.07 Å². The molecule has 13 heavy (non-hydrogen) atoms. The zero-order valence-corrected chi connectivity index (χ0v) is 8.40. The molecule has 1 aromatic heterocycles. The quantitative estimate of drug-likeness (QED) is 0.796. The Bertz CT molecular complexity index is 326. The first-order valence-electron chi connectivity index (χ1n) is 3.77. The number of halogens is 1. The van der Waals surface area contributed by atoms with E-state index in [0.29, 0.717) is 10.8 Å². The maximum Gasteiger partial charge on any atom is 0.345 e.